The van der Waals surface area contributed by atoms with Crippen molar-refractivity contribution in [2.45, 2.75) is 52.4 Å². The molecule has 0 saturated heterocycles. The molecule has 1 rings (SSSR count). The Labute approximate surface area is 85.7 Å². The summed E-state index contributed by atoms with van der Waals surface area (Å²) in [5.74, 6) is 0.893. The van der Waals surface area contributed by atoms with Crippen molar-refractivity contribution >= 4 is 5.88 Å². The lowest BCUT2D eigenvalue weighted by atomic mass is 10.00. The predicted octanol–water partition coefficient (Wildman–Crippen LogP) is 3.11. The van der Waals surface area contributed by atoms with Gasteiger partial charge in [0.25, 0.3) is 0 Å². The number of unbranched alkanes of at least 4 members (excludes halogenated alkanes) is 2. The fourth-order valence-electron chi connectivity index (χ4n) is 1.69. The molecule has 80 valence electrons. The van der Waals surface area contributed by atoms with Crippen LogP contribution in [0.1, 0.15) is 57.2 Å². The second-order valence-electron chi connectivity index (χ2n) is 4.02. The number of nitrogen functional groups attached to an aromatic ring is 1. The Bertz CT molecular complexity index is 279. The zero-order chi connectivity index (χ0) is 10.6. The van der Waals surface area contributed by atoms with E-state index in [0.29, 0.717) is 11.8 Å². The Morgan fingerprint density at radius 1 is 1.36 bits per heavy atom. The largest absolute Gasteiger partial charge is 0.367 e. The summed E-state index contributed by atoms with van der Waals surface area (Å²) >= 11 is 0. The van der Waals surface area contributed by atoms with Crippen molar-refractivity contribution in [1.82, 2.24) is 5.16 Å². The number of hydrogen-bond acceptors (Lipinski definition) is 3. The molecule has 0 aliphatic heterocycles. The molecule has 1 aromatic heterocycles. The highest BCUT2D eigenvalue weighted by Crippen LogP contribution is 2.26. The minimum Gasteiger partial charge on any atom is -0.367 e. The summed E-state index contributed by atoms with van der Waals surface area (Å²) in [6.07, 6.45) is 4.62. The zero-order valence-electron chi connectivity index (χ0n) is 9.34. The van der Waals surface area contributed by atoms with Crippen molar-refractivity contribution in [2.75, 3.05) is 5.73 Å². The maximum Gasteiger partial charge on any atom is 0.225 e. The lowest BCUT2D eigenvalue weighted by Gasteiger charge is -2.04. The van der Waals surface area contributed by atoms with Gasteiger partial charge in [-0.1, -0.05) is 38.8 Å². The minimum absolute atomic E-state index is 0.401. The van der Waals surface area contributed by atoms with E-state index in [4.69, 9.17) is 10.3 Å². The van der Waals surface area contributed by atoms with Crippen LogP contribution in [0.5, 0.6) is 0 Å². The molecule has 0 atom stereocenters. The van der Waals surface area contributed by atoms with Crippen LogP contribution in [0, 0.1) is 0 Å². The van der Waals surface area contributed by atoms with Gasteiger partial charge < -0.3 is 10.3 Å². The summed E-state index contributed by atoms with van der Waals surface area (Å²) in [5, 5.41) is 4.01. The molecule has 0 aromatic carbocycles. The Balaban J connectivity index is 2.66. The van der Waals surface area contributed by atoms with Gasteiger partial charge in [-0.3, -0.25) is 0 Å². The fraction of sp³-hybridized carbons (Fsp3) is 0.727. The molecule has 0 unspecified atom stereocenters. The molecule has 0 bridgehead atoms. The Hall–Kier alpha value is -0.990. The highest BCUT2D eigenvalue weighted by molar-refractivity contribution is 5.41. The van der Waals surface area contributed by atoms with E-state index in [1.165, 1.54) is 19.3 Å². The van der Waals surface area contributed by atoms with Gasteiger partial charge in [-0.05, 0) is 18.8 Å². The Kier molecular flexibility index (Phi) is 3.98. The highest BCUT2D eigenvalue weighted by atomic mass is 16.5. The summed E-state index contributed by atoms with van der Waals surface area (Å²) < 4.78 is 5.02. The molecule has 1 aromatic rings. The van der Waals surface area contributed by atoms with Crippen LogP contribution in [0.4, 0.5) is 5.88 Å². The second kappa shape index (κ2) is 5.03. The number of anilines is 1. The number of nitrogens with zero attached hydrogens (tertiary/aromatic N) is 1. The van der Waals surface area contributed by atoms with Crippen molar-refractivity contribution in [2.24, 2.45) is 0 Å². The Morgan fingerprint density at radius 2 is 2.07 bits per heavy atom. The van der Waals surface area contributed by atoms with Crippen LogP contribution >= 0.6 is 0 Å². The number of aromatic nitrogens is 1. The highest BCUT2D eigenvalue weighted by Gasteiger charge is 2.15. The van der Waals surface area contributed by atoms with Gasteiger partial charge in [-0.15, -0.1) is 0 Å². The van der Waals surface area contributed by atoms with Crippen molar-refractivity contribution in [3.63, 3.8) is 0 Å². The zero-order valence-corrected chi connectivity index (χ0v) is 9.34. The third kappa shape index (κ3) is 2.50. The molecule has 0 aliphatic carbocycles. The van der Waals surface area contributed by atoms with Gasteiger partial charge in [-0.2, -0.15) is 0 Å². The third-order valence-electron chi connectivity index (χ3n) is 2.43. The van der Waals surface area contributed by atoms with Crippen LogP contribution in [0.15, 0.2) is 4.52 Å². The summed E-state index contributed by atoms with van der Waals surface area (Å²) in [6, 6.07) is 0. The maximum absolute atomic E-state index is 5.72. The normalized spacial score (nSPS) is 11.1. The lowest BCUT2D eigenvalue weighted by molar-refractivity contribution is 0.425. The Morgan fingerprint density at radius 3 is 2.64 bits per heavy atom. The molecule has 1 heterocycles. The summed E-state index contributed by atoms with van der Waals surface area (Å²) in [7, 11) is 0. The monoisotopic (exact) mass is 196 g/mol. The lowest BCUT2D eigenvalue weighted by Crippen LogP contribution is -1.97. The van der Waals surface area contributed by atoms with E-state index < -0.39 is 0 Å². The number of nitrogens with two attached hydrogens (primary N) is 1. The van der Waals surface area contributed by atoms with E-state index in [-0.39, 0.29) is 0 Å². The van der Waals surface area contributed by atoms with Gasteiger partial charge in [0.05, 0.1) is 5.69 Å². The van der Waals surface area contributed by atoms with Crippen molar-refractivity contribution < 1.29 is 4.52 Å². The molecule has 0 aliphatic rings. The molecule has 3 heteroatoms. The predicted molar refractivity (Wildman–Crippen MR) is 58.2 cm³/mol. The number of aryl methyl sites for hydroxylation is 1. The topological polar surface area (TPSA) is 52.0 Å². The van der Waals surface area contributed by atoms with E-state index in [0.717, 1.165) is 17.7 Å². The average molecular weight is 196 g/mol. The molecule has 2 N–H and O–H groups in total. The van der Waals surface area contributed by atoms with Crippen molar-refractivity contribution in [3.8, 4) is 0 Å². The van der Waals surface area contributed by atoms with Crippen molar-refractivity contribution in [3.05, 3.63) is 11.3 Å². The molecule has 0 spiro atoms. The van der Waals surface area contributed by atoms with Gasteiger partial charge in [0, 0.05) is 5.56 Å². The quantitative estimate of drug-likeness (QED) is 0.736. The fourth-order valence-corrected chi connectivity index (χ4v) is 1.69. The van der Waals surface area contributed by atoms with Gasteiger partial charge in [-0.25, -0.2) is 0 Å². The van der Waals surface area contributed by atoms with Crippen molar-refractivity contribution in [1.29, 1.82) is 0 Å². The smallest absolute Gasteiger partial charge is 0.225 e. The molecule has 14 heavy (non-hydrogen) atoms. The first-order valence-electron chi connectivity index (χ1n) is 5.40. The molecular formula is C11H20N2O. The van der Waals surface area contributed by atoms with E-state index in [1.54, 1.807) is 0 Å². The first-order chi connectivity index (χ1) is 6.66. The third-order valence-corrected chi connectivity index (χ3v) is 2.43. The van der Waals surface area contributed by atoms with Crippen LogP contribution in [0.3, 0.4) is 0 Å². The molecule has 3 nitrogen and oxygen atoms in total. The summed E-state index contributed by atoms with van der Waals surface area (Å²) in [6.45, 7) is 6.43. The first-order valence-corrected chi connectivity index (χ1v) is 5.40. The van der Waals surface area contributed by atoms with E-state index in [2.05, 4.69) is 25.9 Å². The van der Waals surface area contributed by atoms with Crippen LogP contribution in [-0.4, -0.2) is 5.16 Å². The maximum atomic E-state index is 5.72. The number of hydrogen-bond donors (Lipinski definition) is 1. The first kappa shape index (κ1) is 11.1. The van der Waals surface area contributed by atoms with E-state index in [9.17, 15) is 0 Å². The van der Waals surface area contributed by atoms with Gasteiger partial charge in [0.15, 0.2) is 0 Å². The van der Waals surface area contributed by atoms with Crippen LogP contribution in [0.2, 0.25) is 0 Å². The van der Waals surface area contributed by atoms with Gasteiger partial charge >= 0.3 is 0 Å². The molecule has 0 amide bonds. The van der Waals surface area contributed by atoms with Crippen LogP contribution in [-0.2, 0) is 6.42 Å². The molecule has 0 radical (unpaired) electrons. The summed E-state index contributed by atoms with van der Waals surface area (Å²) in [5.41, 5.74) is 7.86. The molecule has 0 fully saturated rings. The summed E-state index contributed by atoms with van der Waals surface area (Å²) in [4.78, 5) is 0. The minimum atomic E-state index is 0.401. The van der Waals surface area contributed by atoms with Gasteiger partial charge in [0.2, 0.25) is 5.88 Å². The standard InChI is InChI=1S/C11H20N2O/c1-4-5-6-7-9-10(8(2)3)11(12)14-13-9/h8H,4-7,12H2,1-3H3. The van der Waals surface area contributed by atoms with E-state index >= 15 is 0 Å². The molecule has 0 saturated carbocycles. The van der Waals surface area contributed by atoms with E-state index in [1.807, 2.05) is 0 Å². The SMILES string of the molecule is CCCCCc1noc(N)c1C(C)C. The van der Waals surface area contributed by atoms with Gasteiger partial charge in [0.1, 0.15) is 0 Å². The second-order valence-corrected chi connectivity index (χ2v) is 4.02. The average Bonchev–Trinajstić information content (AvgIpc) is 2.47. The van der Waals surface area contributed by atoms with Crippen LogP contribution in [0.25, 0.3) is 0 Å². The molecular weight excluding hydrogens is 176 g/mol. The van der Waals surface area contributed by atoms with Crippen LogP contribution < -0.4 is 5.73 Å². The number of rotatable bonds is 5.